The Balaban J connectivity index is 2.63. The first-order chi connectivity index (χ1) is 9.06. The predicted octanol–water partition coefficient (Wildman–Crippen LogP) is 3.20. The number of hydrazine groups is 1. The number of nitrogens with two attached hydrogens (primary N) is 1. The minimum absolute atomic E-state index is 0.332. The van der Waals surface area contributed by atoms with Crippen molar-refractivity contribution in [3.05, 3.63) is 39.7 Å². The molecule has 4 nitrogen and oxygen atoms in total. The van der Waals surface area contributed by atoms with Crippen LogP contribution in [0.5, 0.6) is 0 Å². The monoisotopic (exact) mass is 324 g/mol. The molecule has 3 N–H and O–H groups in total. The molecule has 0 fully saturated rings. The van der Waals surface area contributed by atoms with Crippen molar-refractivity contribution in [1.29, 1.82) is 0 Å². The van der Waals surface area contributed by atoms with Gasteiger partial charge in [-0.3, -0.25) is 0 Å². The summed E-state index contributed by atoms with van der Waals surface area (Å²) in [6.07, 6.45) is 0.774. The fraction of sp³-hybridized carbons (Fsp3) is 0.231. The average molecular weight is 325 g/mol. The molecule has 0 bridgehead atoms. The van der Waals surface area contributed by atoms with Crippen LogP contribution in [0.3, 0.4) is 0 Å². The van der Waals surface area contributed by atoms with Gasteiger partial charge in [0.05, 0.1) is 0 Å². The van der Waals surface area contributed by atoms with Crippen LogP contribution >= 0.6 is 15.9 Å². The average Bonchev–Trinajstić information content (AvgIpc) is 2.40. The van der Waals surface area contributed by atoms with Crippen LogP contribution in [0.4, 0.5) is 10.2 Å². The van der Waals surface area contributed by atoms with Gasteiger partial charge in [0.25, 0.3) is 0 Å². The lowest BCUT2D eigenvalue weighted by atomic mass is 10.1. The topological polar surface area (TPSA) is 63.8 Å². The van der Waals surface area contributed by atoms with Crippen LogP contribution in [0.2, 0.25) is 0 Å². The highest BCUT2D eigenvalue weighted by Gasteiger charge is 2.13. The molecule has 0 aliphatic rings. The molecule has 1 aromatic carbocycles. The summed E-state index contributed by atoms with van der Waals surface area (Å²) in [6.45, 7) is 3.89. The number of halogens is 2. The van der Waals surface area contributed by atoms with Crippen molar-refractivity contribution in [2.45, 2.75) is 20.3 Å². The minimum atomic E-state index is -0.332. The normalized spacial score (nSPS) is 10.6. The summed E-state index contributed by atoms with van der Waals surface area (Å²) in [4.78, 5) is 8.77. The molecule has 100 valence electrons. The SMILES string of the molecule is CCc1c(C)nc(-c2cc(F)ccc2Br)nc1NN. The molecular weight excluding hydrogens is 311 g/mol. The van der Waals surface area contributed by atoms with Crippen LogP contribution < -0.4 is 11.3 Å². The number of rotatable bonds is 3. The number of hydrogen-bond acceptors (Lipinski definition) is 4. The van der Waals surface area contributed by atoms with E-state index < -0.39 is 0 Å². The minimum Gasteiger partial charge on any atom is -0.308 e. The summed E-state index contributed by atoms with van der Waals surface area (Å²) < 4.78 is 14.1. The van der Waals surface area contributed by atoms with Gasteiger partial charge in [-0.2, -0.15) is 0 Å². The standard InChI is InChI=1S/C13H14BrFN4/c1-3-9-7(2)17-12(18-13(9)19-16)10-6-8(15)4-5-11(10)14/h4-6H,3,16H2,1-2H3,(H,17,18,19). The molecule has 0 unspecified atom stereocenters. The molecule has 19 heavy (non-hydrogen) atoms. The number of aryl methyl sites for hydroxylation is 1. The van der Waals surface area contributed by atoms with E-state index in [4.69, 9.17) is 5.84 Å². The number of nitrogen functional groups attached to an aromatic ring is 1. The molecule has 2 rings (SSSR count). The van der Waals surface area contributed by atoms with E-state index in [0.29, 0.717) is 17.2 Å². The van der Waals surface area contributed by atoms with Crippen LogP contribution in [-0.4, -0.2) is 9.97 Å². The smallest absolute Gasteiger partial charge is 0.163 e. The zero-order valence-electron chi connectivity index (χ0n) is 10.7. The van der Waals surface area contributed by atoms with Crippen molar-refractivity contribution in [2.24, 2.45) is 5.84 Å². The molecule has 1 heterocycles. The van der Waals surface area contributed by atoms with Crippen molar-refractivity contribution < 1.29 is 4.39 Å². The van der Waals surface area contributed by atoms with E-state index in [1.807, 2.05) is 13.8 Å². The van der Waals surface area contributed by atoms with Gasteiger partial charge in [0.2, 0.25) is 0 Å². The molecule has 0 atom stereocenters. The Bertz CT molecular complexity index is 616. The summed E-state index contributed by atoms with van der Waals surface area (Å²) in [7, 11) is 0. The van der Waals surface area contributed by atoms with Gasteiger partial charge in [0.15, 0.2) is 5.82 Å². The first kappa shape index (κ1) is 13.9. The fourth-order valence-electron chi connectivity index (χ4n) is 1.93. The highest BCUT2D eigenvalue weighted by atomic mass is 79.9. The van der Waals surface area contributed by atoms with Crippen LogP contribution in [0.15, 0.2) is 22.7 Å². The number of hydrogen-bond donors (Lipinski definition) is 2. The zero-order chi connectivity index (χ0) is 14.0. The van der Waals surface area contributed by atoms with Crippen molar-refractivity contribution in [2.75, 3.05) is 5.43 Å². The van der Waals surface area contributed by atoms with E-state index in [1.54, 1.807) is 6.07 Å². The highest BCUT2D eigenvalue weighted by molar-refractivity contribution is 9.10. The van der Waals surface area contributed by atoms with Crippen LogP contribution in [0.1, 0.15) is 18.2 Å². The molecule has 0 saturated heterocycles. The second-order valence-electron chi connectivity index (χ2n) is 4.08. The molecule has 1 aromatic heterocycles. The summed E-state index contributed by atoms with van der Waals surface area (Å²) in [5.74, 6) is 6.16. The summed E-state index contributed by atoms with van der Waals surface area (Å²) >= 11 is 3.38. The number of aromatic nitrogens is 2. The molecule has 0 radical (unpaired) electrons. The molecular formula is C13H14BrFN4. The lowest BCUT2D eigenvalue weighted by Gasteiger charge is -2.12. The van der Waals surface area contributed by atoms with Crippen molar-refractivity contribution >= 4 is 21.7 Å². The van der Waals surface area contributed by atoms with E-state index in [-0.39, 0.29) is 5.82 Å². The first-order valence-corrected chi connectivity index (χ1v) is 6.65. The van der Waals surface area contributed by atoms with Crippen molar-refractivity contribution in [3.63, 3.8) is 0 Å². The molecule has 0 spiro atoms. The summed E-state index contributed by atoms with van der Waals surface area (Å²) in [6, 6.07) is 4.40. The van der Waals surface area contributed by atoms with Crippen LogP contribution in [-0.2, 0) is 6.42 Å². The Kier molecular flexibility index (Phi) is 4.11. The maximum Gasteiger partial charge on any atom is 0.163 e. The van der Waals surface area contributed by atoms with Crippen LogP contribution in [0.25, 0.3) is 11.4 Å². The van der Waals surface area contributed by atoms with E-state index in [0.717, 1.165) is 22.2 Å². The van der Waals surface area contributed by atoms with Gasteiger partial charge in [-0.25, -0.2) is 20.2 Å². The third-order valence-electron chi connectivity index (χ3n) is 2.87. The van der Waals surface area contributed by atoms with E-state index in [1.165, 1.54) is 12.1 Å². The molecule has 0 aliphatic heterocycles. The molecule has 0 saturated carbocycles. The quantitative estimate of drug-likeness (QED) is 0.672. The van der Waals surface area contributed by atoms with E-state index in [2.05, 4.69) is 31.3 Å². The lowest BCUT2D eigenvalue weighted by Crippen LogP contribution is -2.13. The molecule has 2 aromatic rings. The number of anilines is 1. The second kappa shape index (κ2) is 5.63. The Morgan fingerprint density at radius 1 is 1.37 bits per heavy atom. The van der Waals surface area contributed by atoms with Gasteiger partial charge in [-0.15, -0.1) is 0 Å². The van der Waals surface area contributed by atoms with Gasteiger partial charge in [-0.1, -0.05) is 22.9 Å². The van der Waals surface area contributed by atoms with Gasteiger partial charge >= 0.3 is 0 Å². The maximum absolute atomic E-state index is 13.3. The van der Waals surface area contributed by atoms with Crippen LogP contribution in [0, 0.1) is 12.7 Å². The second-order valence-corrected chi connectivity index (χ2v) is 4.94. The lowest BCUT2D eigenvalue weighted by molar-refractivity contribution is 0.628. The van der Waals surface area contributed by atoms with Crippen molar-refractivity contribution in [3.8, 4) is 11.4 Å². The van der Waals surface area contributed by atoms with E-state index in [9.17, 15) is 4.39 Å². The van der Waals surface area contributed by atoms with Crippen molar-refractivity contribution in [1.82, 2.24) is 9.97 Å². The van der Waals surface area contributed by atoms with Gasteiger partial charge in [0.1, 0.15) is 11.6 Å². The third kappa shape index (κ3) is 2.74. The Labute approximate surface area is 119 Å². The highest BCUT2D eigenvalue weighted by Crippen LogP contribution is 2.28. The first-order valence-electron chi connectivity index (χ1n) is 5.86. The molecule has 6 heteroatoms. The summed E-state index contributed by atoms with van der Waals surface area (Å²) in [5.41, 5.74) is 4.96. The Morgan fingerprint density at radius 3 is 2.74 bits per heavy atom. The fourth-order valence-corrected chi connectivity index (χ4v) is 2.35. The predicted molar refractivity (Wildman–Crippen MR) is 77.1 cm³/mol. The maximum atomic E-state index is 13.3. The zero-order valence-corrected chi connectivity index (χ0v) is 12.3. The largest absolute Gasteiger partial charge is 0.308 e. The van der Waals surface area contributed by atoms with Gasteiger partial charge in [-0.05, 0) is 31.5 Å². The molecule has 0 aliphatic carbocycles. The van der Waals surface area contributed by atoms with Gasteiger partial charge in [0, 0.05) is 21.3 Å². The third-order valence-corrected chi connectivity index (χ3v) is 3.56. The number of nitrogens with zero attached hydrogens (tertiary/aromatic N) is 2. The molecule has 0 amide bonds. The van der Waals surface area contributed by atoms with Gasteiger partial charge < -0.3 is 5.43 Å². The number of nitrogens with one attached hydrogen (secondary N) is 1. The Hall–Kier alpha value is -1.53. The summed E-state index contributed by atoms with van der Waals surface area (Å²) in [5, 5.41) is 0. The number of benzene rings is 1. The van der Waals surface area contributed by atoms with E-state index >= 15 is 0 Å². The Morgan fingerprint density at radius 2 is 2.11 bits per heavy atom.